The fourth-order valence-electron chi connectivity index (χ4n) is 3.28. The molecule has 0 aliphatic carbocycles. The Morgan fingerprint density at radius 1 is 1.08 bits per heavy atom. The monoisotopic (exact) mass is 377 g/mol. The summed E-state index contributed by atoms with van der Waals surface area (Å²) in [5.74, 6) is 0.933. The molecule has 26 heavy (non-hydrogen) atoms. The zero-order valence-corrected chi connectivity index (χ0v) is 16.1. The van der Waals surface area contributed by atoms with Gasteiger partial charge in [-0.1, -0.05) is 66.4 Å². The molecule has 3 nitrogen and oxygen atoms in total. The molecule has 4 rings (SSSR count). The summed E-state index contributed by atoms with van der Waals surface area (Å²) < 4.78 is 0.841. The number of aromatic amines is 1. The predicted octanol–water partition coefficient (Wildman–Crippen LogP) is 5.41. The highest BCUT2D eigenvalue weighted by atomic mass is 32.2. The lowest BCUT2D eigenvalue weighted by atomic mass is 10.1. The number of nitrogens with zero attached hydrogens (tertiary/aromatic N) is 2. The fraction of sp³-hybridized carbons (Fsp3) is 0.143. The van der Waals surface area contributed by atoms with Crippen molar-refractivity contribution in [3.05, 3.63) is 72.6 Å². The predicted molar refractivity (Wildman–Crippen MR) is 117 cm³/mol. The third-order valence-corrected chi connectivity index (χ3v) is 5.87. The Bertz CT molecular complexity index is 1070. The summed E-state index contributed by atoms with van der Waals surface area (Å²) in [6, 6.07) is 18.8. The van der Waals surface area contributed by atoms with E-state index in [1.807, 2.05) is 24.6 Å². The molecule has 0 bridgehead atoms. The molecule has 2 heterocycles. The van der Waals surface area contributed by atoms with Crippen molar-refractivity contribution < 1.29 is 0 Å². The minimum Gasteiger partial charge on any atom is -0.361 e. The second-order valence-corrected chi connectivity index (χ2v) is 7.53. The third-order valence-electron chi connectivity index (χ3n) is 4.58. The van der Waals surface area contributed by atoms with Crippen LogP contribution in [0.5, 0.6) is 0 Å². The fourth-order valence-corrected chi connectivity index (χ4v) is 3.86. The molecule has 0 saturated heterocycles. The second-order valence-electron chi connectivity index (χ2n) is 6.09. The molecular formula is C21H19N3S2. The van der Waals surface area contributed by atoms with Gasteiger partial charge in [0, 0.05) is 35.2 Å². The standard InChI is InChI=1S/C21H19N3S2/c1-26-21(25)24(20-18-8-3-2-6-15(18)10-12-22-20)13-11-16-14-23-19-9-5-4-7-17(16)19/h2-10,12,14,23H,11,13H2,1H3. The molecule has 0 spiro atoms. The van der Waals surface area contributed by atoms with Gasteiger partial charge in [-0.15, -0.1) is 0 Å². The van der Waals surface area contributed by atoms with Gasteiger partial charge in [0.2, 0.25) is 0 Å². The van der Waals surface area contributed by atoms with Gasteiger partial charge in [0.05, 0.1) is 0 Å². The first kappa shape index (κ1) is 17.1. The molecule has 0 atom stereocenters. The number of H-pyrrole nitrogens is 1. The van der Waals surface area contributed by atoms with Gasteiger partial charge >= 0.3 is 0 Å². The Hall–Kier alpha value is -2.37. The summed E-state index contributed by atoms with van der Waals surface area (Å²) in [7, 11) is 0. The summed E-state index contributed by atoms with van der Waals surface area (Å²) in [6.45, 7) is 0.794. The van der Waals surface area contributed by atoms with Crippen LogP contribution in [0.15, 0.2) is 67.0 Å². The van der Waals surface area contributed by atoms with Crippen LogP contribution in [-0.2, 0) is 6.42 Å². The lowest BCUT2D eigenvalue weighted by Gasteiger charge is -2.24. The van der Waals surface area contributed by atoms with Gasteiger partial charge in [-0.05, 0) is 35.8 Å². The number of anilines is 1. The number of aromatic nitrogens is 2. The van der Waals surface area contributed by atoms with Crippen molar-refractivity contribution in [2.45, 2.75) is 6.42 Å². The number of nitrogens with one attached hydrogen (secondary N) is 1. The van der Waals surface area contributed by atoms with E-state index in [1.165, 1.54) is 21.9 Å². The molecule has 1 N–H and O–H groups in total. The Labute approximate surface area is 162 Å². The van der Waals surface area contributed by atoms with E-state index in [9.17, 15) is 0 Å². The summed E-state index contributed by atoms with van der Waals surface area (Å²) in [4.78, 5) is 10.2. The normalized spacial score (nSPS) is 11.1. The van der Waals surface area contributed by atoms with E-state index in [1.54, 1.807) is 11.8 Å². The Balaban J connectivity index is 1.68. The van der Waals surface area contributed by atoms with E-state index in [-0.39, 0.29) is 0 Å². The molecule has 0 radical (unpaired) electrons. The number of benzene rings is 2. The first-order chi connectivity index (χ1) is 12.8. The largest absolute Gasteiger partial charge is 0.361 e. The Morgan fingerprint density at radius 2 is 1.85 bits per heavy atom. The van der Waals surface area contributed by atoms with Crippen LogP contribution in [0.2, 0.25) is 0 Å². The van der Waals surface area contributed by atoms with E-state index >= 15 is 0 Å². The lowest BCUT2D eigenvalue weighted by molar-refractivity contribution is 0.939. The highest BCUT2D eigenvalue weighted by Gasteiger charge is 2.16. The first-order valence-corrected chi connectivity index (χ1v) is 10.2. The topological polar surface area (TPSA) is 31.9 Å². The van der Waals surface area contributed by atoms with Gasteiger partial charge in [-0.25, -0.2) is 4.98 Å². The van der Waals surface area contributed by atoms with Gasteiger partial charge in [0.15, 0.2) is 0 Å². The maximum atomic E-state index is 5.65. The average Bonchev–Trinajstić information content (AvgIpc) is 3.11. The molecule has 2 aromatic carbocycles. The van der Waals surface area contributed by atoms with Crippen LogP contribution in [0.4, 0.5) is 5.82 Å². The number of thioether (sulfide) groups is 1. The molecular weight excluding hydrogens is 358 g/mol. The zero-order chi connectivity index (χ0) is 17.9. The molecule has 0 unspecified atom stereocenters. The molecule has 0 aliphatic rings. The maximum absolute atomic E-state index is 5.65. The SMILES string of the molecule is CSC(=S)N(CCc1c[nH]c2ccccc12)c1nccc2ccccc12. The number of pyridine rings is 1. The number of rotatable bonds is 4. The summed E-state index contributed by atoms with van der Waals surface area (Å²) >= 11 is 7.24. The van der Waals surface area contributed by atoms with Crippen LogP contribution in [0.25, 0.3) is 21.7 Å². The minimum absolute atomic E-state index is 0.794. The van der Waals surface area contributed by atoms with Gasteiger partial charge in [-0.3, -0.25) is 0 Å². The molecule has 4 aromatic rings. The van der Waals surface area contributed by atoms with E-state index in [4.69, 9.17) is 12.2 Å². The molecule has 0 aliphatic heterocycles. The van der Waals surface area contributed by atoms with Crippen molar-refractivity contribution in [2.24, 2.45) is 0 Å². The molecule has 0 saturated carbocycles. The van der Waals surface area contributed by atoms with Crippen molar-refractivity contribution in [3.63, 3.8) is 0 Å². The van der Waals surface area contributed by atoms with E-state index in [0.717, 1.165) is 28.5 Å². The second kappa shape index (κ2) is 7.48. The summed E-state index contributed by atoms with van der Waals surface area (Å²) in [6.07, 6.45) is 6.88. The van der Waals surface area contributed by atoms with Crippen LogP contribution in [0.3, 0.4) is 0 Å². The Kier molecular flexibility index (Phi) is 4.91. The average molecular weight is 378 g/mol. The van der Waals surface area contributed by atoms with Gasteiger partial charge < -0.3 is 9.88 Å². The molecule has 130 valence electrons. The van der Waals surface area contributed by atoms with Crippen molar-refractivity contribution in [2.75, 3.05) is 17.7 Å². The number of thiocarbonyl (C=S) groups is 1. The quantitative estimate of drug-likeness (QED) is 0.482. The molecule has 0 fully saturated rings. The van der Waals surface area contributed by atoms with E-state index in [2.05, 4.69) is 63.5 Å². The number of hydrogen-bond acceptors (Lipinski definition) is 3. The minimum atomic E-state index is 0.794. The molecule has 2 aromatic heterocycles. The van der Waals surface area contributed by atoms with Gasteiger partial charge in [0.25, 0.3) is 0 Å². The molecule has 5 heteroatoms. The van der Waals surface area contributed by atoms with Crippen molar-refractivity contribution >= 4 is 55.8 Å². The smallest absolute Gasteiger partial charge is 0.141 e. The van der Waals surface area contributed by atoms with Gasteiger partial charge in [0.1, 0.15) is 10.1 Å². The highest BCUT2D eigenvalue weighted by Crippen LogP contribution is 2.27. The maximum Gasteiger partial charge on any atom is 0.141 e. The van der Waals surface area contributed by atoms with Crippen LogP contribution in [0, 0.1) is 0 Å². The third kappa shape index (κ3) is 3.20. The van der Waals surface area contributed by atoms with E-state index < -0.39 is 0 Å². The first-order valence-electron chi connectivity index (χ1n) is 8.52. The van der Waals surface area contributed by atoms with Crippen LogP contribution in [0.1, 0.15) is 5.56 Å². The van der Waals surface area contributed by atoms with Crippen molar-refractivity contribution in [1.82, 2.24) is 9.97 Å². The number of hydrogen-bond donors (Lipinski definition) is 1. The van der Waals surface area contributed by atoms with E-state index in [0.29, 0.717) is 0 Å². The lowest BCUT2D eigenvalue weighted by Crippen LogP contribution is -2.30. The van der Waals surface area contributed by atoms with Gasteiger partial charge in [-0.2, -0.15) is 0 Å². The highest BCUT2D eigenvalue weighted by molar-refractivity contribution is 8.22. The Morgan fingerprint density at radius 3 is 2.69 bits per heavy atom. The van der Waals surface area contributed by atoms with Crippen molar-refractivity contribution in [1.29, 1.82) is 0 Å². The molecule has 0 amide bonds. The number of para-hydroxylation sites is 1. The van der Waals surface area contributed by atoms with Crippen LogP contribution < -0.4 is 4.90 Å². The van der Waals surface area contributed by atoms with Crippen LogP contribution in [-0.4, -0.2) is 27.1 Å². The zero-order valence-electron chi connectivity index (χ0n) is 14.5. The summed E-state index contributed by atoms with van der Waals surface area (Å²) in [5.41, 5.74) is 2.47. The van der Waals surface area contributed by atoms with Crippen molar-refractivity contribution in [3.8, 4) is 0 Å². The summed E-state index contributed by atoms with van der Waals surface area (Å²) in [5, 5.41) is 3.58. The van der Waals surface area contributed by atoms with Crippen LogP contribution >= 0.6 is 24.0 Å². The number of fused-ring (bicyclic) bond motifs is 2.